The van der Waals surface area contributed by atoms with Gasteiger partial charge in [0.2, 0.25) is 0 Å². The number of carbonyl (C=O) groups excluding carboxylic acids is 1. The molecule has 0 radical (unpaired) electrons. The number of rotatable bonds is 17. The van der Waals surface area contributed by atoms with Gasteiger partial charge in [-0.25, -0.2) is 4.79 Å². The SMILES string of the molecule is CCCCCCCCCCCCCC(=O)[C@@H](O)[C@H](O)[C@@H](O)[C@@H](O)C(=O)O. The van der Waals surface area contributed by atoms with E-state index in [9.17, 15) is 24.9 Å². The number of ketones is 1. The molecule has 0 aliphatic heterocycles. The molecule has 0 aromatic rings. The van der Waals surface area contributed by atoms with E-state index in [0.29, 0.717) is 6.42 Å². The fraction of sp³-hybridized carbons (Fsp3) is 0.895. The van der Waals surface area contributed by atoms with Crippen LogP contribution in [0.25, 0.3) is 0 Å². The molecule has 0 saturated carbocycles. The van der Waals surface area contributed by atoms with Gasteiger partial charge in [-0.3, -0.25) is 4.79 Å². The summed E-state index contributed by atoms with van der Waals surface area (Å²) in [7, 11) is 0. The molecule has 0 unspecified atom stereocenters. The van der Waals surface area contributed by atoms with Gasteiger partial charge in [0.15, 0.2) is 11.9 Å². The maximum Gasteiger partial charge on any atom is 0.335 e. The Bertz CT molecular complexity index is 386. The molecule has 7 nitrogen and oxygen atoms in total. The topological polar surface area (TPSA) is 135 Å². The average molecular weight is 376 g/mol. The van der Waals surface area contributed by atoms with E-state index >= 15 is 0 Å². The molecule has 0 fully saturated rings. The van der Waals surface area contributed by atoms with E-state index in [1.54, 1.807) is 0 Å². The van der Waals surface area contributed by atoms with Crippen molar-refractivity contribution < 1.29 is 35.1 Å². The fourth-order valence-electron chi connectivity index (χ4n) is 2.82. The summed E-state index contributed by atoms with van der Waals surface area (Å²) in [6.07, 6.45) is 4.11. The standard InChI is InChI=1S/C19H36O7/c1-2-3-4-5-6-7-8-9-10-11-12-13-14(20)15(21)16(22)17(23)18(24)19(25)26/h15-18,21-24H,2-13H2,1H3,(H,25,26)/t15-,16+,17-,18-/m1/s1. The van der Waals surface area contributed by atoms with Crippen LogP contribution in [-0.2, 0) is 9.59 Å². The molecule has 0 aromatic carbocycles. The molecular formula is C19H36O7. The molecule has 154 valence electrons. The summed E-state index contributed by atoms with van der Waals surface area (Å²) in [5, 5.41) is 46.4. The average Bonchev–Trinajstić information content (AvgIpc) is 2.63. The Balaban J connectivity index is 3.76. The predicted molar refractivity (Wildman–Crippen MR) is 97.7 cm³/mol. The van der Waals surface area contributed by atoms with Crippen molar-refractivity contribution in [3.63, 3.8) is 0 Å². The third-order valence-electron chi connectivity index (χ3n) is 4.61. The highest BCUT2D eigenvalue weighted by Gasteiger charge is 2.36. The van der Waals surface area contributed by atoms with Crippen LogP contribution in [0.5, 0.6) is 0 Å². The zero-order valence-electron chi connectivity index (χ0n) is 15.8. The lowest BCUT2D eigenvalue weighted by molar-refractivity contribution is -0.165. The van der Waals surface area contributed by atoms with Crippen LogP contribution in [0.15, 0.2) is 0 Å². The number of aliphatic hydroxyl groups excluding tert-OH is 4. The number of unbranched alkanes of at least 4 members (excludes halogenated alkanes) is 10. The first-order valence-electron chi connectivity index (χ1n) is 9.80. The van der Waals surface area contributed by atoms with E-state index in [-0.39, 0.29) is 6.42 Å². The van der Waals surface area contributed by atoms with Crippen molar-refractivity contribution in [2.24, 2.45) is 0 Å². The predicted octanol–water partition coefficient (Wildman–Crippen LogP) is 1.78. The summed E-state index contributed by atoms with van der Waals surface area (Å²) in [6.45, 7) is 2.20. The number of hydrogen-bond donors (Lipinski definition) is 5. The number of carboxylic acids is 1. The molecule has 0 bridgehead atoms. The maximum atomic E-state index is 11.8. The van der Waals surface area contributed by atoms with Crippen molar-refractivity contribution in [1.29, 1.82) is 0 Å². The van der Waals surface area contributed by atoms with Gasteiger partial charge in [-0.1, -0.05) is 71.1 Å². The van der Waals surface area contributed by atoms with Gasteiger partial charge < -0.3 is 25.5 Å². The summed E-state index contributed by atoms with van der Waals surface area (Å²) < 4.78 is 0. The van der Waals surface area contributed by atoms with Gasteiger partial charge in [0.05, 0.1) is 0 Å². The summed E-state index contributed by atoms with van der Waals surface area (Å²) in [4.78, 5) is 22.3. The van der Waals surface area contributed by atoms with E-state index in [4.69, 9.17) is 10.2 Å². The van der Waals surface area contributed by atoms with Crippen LogP contribution in [-0.4, -0.2) is 61.7 Å². The quantitative estimate of drug-likeness (QED) is 0.244. The molecule has 0 saturated heterocycles. The van der Waals surface area contributed by atoms with Gasteiger partial charge >= 0.3 is 5.97 Å². The Morgan fingerprint density at radius 3 is 1.46 bits per heavy atom. The van der Waals surface area contributed by atoms with Crippen LogP contribution in [0.1, 0.15) is 84.0 Å². The summed E-state index contributed by atoms with van der Waals surface area (Å²) >= 11 is 0. The highest BCUT2D eigenvalue weighted by atomic mass is 16.4. The van der Waals surface area contributed by atoms with Crippen LogP contribution >= 0.6 is 0 Å². The lowest BCUT2D eigenvalue weighted by Gasteiger charge is -2.23. The van der Waals surface area contributed by atoms with Gasteiger partial charge in [-0.15, -0.1) is 0 Å². The molecule has 0 aliphatic carbocycles. The zero-order valence-corrected chi connectivity index (χ0v) is 15.8. The normalized spacial score (nSPS) is 16.0. The monoisotopic (exact) mass is 376 g/mol. The summed E-state index contributed by atoms with van der Waals surface area (Å²) in [5.41, 5.74) is 0. The van der Waals surface area contributed by atoms with Crippen molar-refractivity contribution in [1.82, 2.24) is 0 Å². The van der Waals surface area contributed by atoms with Crippen molar-refractivity contribution in [2.75, 3.05) is 0 Å². The molecule has 5 N–H and O–H groups in total. The van der Waals surface area contributed by atoms with E-state index in [2.05, 4.69) is 6.92 Å². The van der Waals surface area contributed by atoms with Crippen molar-refractivity contribution >= 4 is 11.8 Å². The lowest BCUT2D eigenvalue weighted by atomic mass is 9.97. The Labute approximate surface area is 156 Å². The molecule has 26 heavy (non-hydrogen) atoms. The third-order valence-corrected chi connectivity index (χ3v) is 4.61. The molecule has 4 atom stereocenters. The van der Waals surface area contributed by atoms with E-state index in [0.717, 1.165) is 19.3 Å². The second kappa shape index (κ2) is 15.1. The third kappa shape index (κ3) is 10.9. The number of Topliss-reactive ketones (excluding diaryl/α,β-unsaturated/α-hetero) is 1. The number of hydrogen-bond acceptors (Lipinski definition) is 6. The van der Waals surface area contributed by atoms with Gasteiger partial charge in [0, 0.05) is 6.42 Å². The Morgan fingerprint density at radius 1 is 0.654 bits per heavy atom. The van der Waals surface area contributed by atoms with Gasteiger partial charge in [-0.2, -0.15) is 0 Å². The molecule has 0 rings (SSSR count). The lowest BCUT2D eigenvalue weighted by Crippen LogP contribution is -2.50. The van der Waals surface area contributed by atoms with Crippen LogP contribution < -0.4 is 0 Å². The first-order chi connectivity index (χ1) is 12.3. The Morgan fingerprint density at radius 2 is 1.04 bits per heavy atom. The number of carboxylic acid groups (broad SMARTS) is 1. The smallest absolute Gasteiger partial charge is 0.335 e. The minimum atomic E-state index is -2.26. The first-order valence-corrected chi connectivity index (χ1v) is 9.80. The summed E-state index contributed by atoms with van der Waals surface area (Å²) in [5.74, 6) is -2.40. The Kier molecular flexibility index (Phi) is 14.5. The zero-order chi connectivity index (χ0) is 19.9. The van der Waals surface area contributed by atoms with Crippen LogP contribution in [0.2, 0.25) is 0 Å². The summed E-state index contributed by atoms with van der Waals surface area (Å²) in [6, 6.07) is 0. The largest absolute Gasteiger partial charge is 0.479 e. The second-order valence-corrected chi connectivity index (χ2v) is 6.96. The number of aliphatic hydroxyl groups is 4. The van der Waals surface area contributed by atoms with Crippen molar-refractivity contribution in [2.45, 2.75) is 108 Å². The minimum Gasteiger partial charge on any atom is -0.479 e. The maximum absolute atomic E-state index is 11.8. The van der Waals surface area contributed by atoms with Crippen LogP contribution in [0.3, 0.4) is 0 Å². The molecule has 0 aromatic heterocycles. The van der Waals surface area contributed by atoms with E-state index < -0.39 is 36.2 Å². The highest BCUT2D eigenvalue weighted by Crippen LogP contribution is 2.14. The van der Waals surface area contributed by atoms with E-state index in [1.165, 1.54) is 44.9 Å². The van der Waals surface area contributed by atoms with Crippen molar-refractivity contribution in [3.8, 4) is 0 Å². The molecule has 0 amide bonds. The fourth-order valence-corrected chi connectivity index (χ4v) is 2.82. The van der Waals surface area contributed by atoms with Gasteiger partial charge in [0.1, 0.15) is 18.3 Å². The van der Waals surface area contributed by atoms with Gasteiger partial charge in [0.25, 0.3) is 0 Å². The molecule has 0 spiro atoms. The van der Waals surface area contributed by atoms with Crippen LogP contribution in [0.4, 0.5) is 0 Å². The molecule has 0 heterocycles. The second-order valence-electron chi connectivity index (χ2n) is 6.96. The number of carbonyl (C=O) groups is 2. The minimum absolute atomic E-state index is 0.0468. The number of aliphatic carboxylic acids is 1. The Hall–Kier alpha value is -1.02. The molecule has 0 aliphatic rings. The van der Waals surface area contributed by atoms with Crippen LogP contribution in [0, 0.1) is 0 Å². The first kappa shape index (κ1) is 25.0. The highest BCUT2D eigenvalue weighted by molar-refractivity contribution is 5.83. The van der Waals surface area contributed by atoms with Crippen molar-refractivity contribution in [3.05, 3.63) is 0 Å². The van der Waals surface area contributed by atoms with E-state index in [1.807, 2.05) is 0 Å². The molecule has 7 heteroatoms. The molecular weight excluding hydrogens is 340 g/mol. The van der Waals surface area contributed by atoms with Gasteiger partial charge in [-0.05, 0) is 6.42 Å².